The van der Waals surface area contributed by atoms with E-state index in [4.69, 9.17) is 4.98 Å². The average Bonchev–Trinajstić information content (AvgIpc) is 3.51. The van der Waals surface area contributed by atoms with Crippen LogP contribution in [0.15, 0.2) is 34.4 Å². The lowest BCUT2D eigenvalue weighted by Crippen LogP contribution is -2.44. The normalized spacial score (nSPS) is 17.6. The lowest BCUT2D eigenvalue weighted by Gasteiger charge is -2.35. The van der Waals surface area contributed by atoms with Gasteiger partial charge in [0, 0.05) is 43.2 Å². The number of pyridine rings is 2. The van der Waals surface area contributed by atoms with E-state index in [1.165, 1.54) is 5.69 Å². The number of carbonyl (C=O) groups is 1. The van der Waals surface area contributed by atoms with Gasteiger partial charge in [0.05, 0.1) is 23.3 Å². The van der Waals surface area contributed by atoms with Crippen LogP contribution in [0.25, 0.3) is 0 Å². The monoisotopic (exact) mass is 397 g/mol. The van der Waals surface area contributed by atoms with E-state index in [2.05, 4.69) is 47.1 Å². The molecule has 7 heteroatoms. The third kappa shape index (κ3) is 4.47. The summed E-state index contributed by atoms with van der Waals surface area (Å²) in [5.74, 6) is 0.288. The summed E-state index contributed by atoms with van der Waals surface area (Å²) in [7, 11) is 2.17. The van der Waals surface area contributed by atoms with Gasteiger partial charge in [0.1, 0.15) is 5.03 Å². The van der Waals surface area contributed by atoms with Gasteiger partial charge in [-0.15, -0.1) is 0 Å². The maximum Gasteiger partial charge on any atom is 0.227 e. The van der Waals surface area contributed by atoms with Gasteiger partial charge in [-0.3, -0.25) is 9.78 Å². The second kappa shape index (κ2) is 8.09. The Labute approximate surface area is 170 Å². The number of nitrogens with one attached hydrogen (secondary N) is 1. The summed E-state index contributed by atoms with van der Waals surface area (Å²) in [5.41, 5.74) is 4.21. The molecule has 1 saturated heterocycles. The number of rotatable bonds is 5. The van der Waals surface area contributed by atoms with Crippen molar-refractivity contribution in [1.29, 1.82) is 0 Å². The Morgan fingerprint density at radius 1 is 1.14 bits per heavy atom. The van der Waals surface area contributed by atoms with Crippen molar-refractivity contribution in [2.45, 2.75) is 36.6 Å². The molecule has 0 unspecified atom stereocenters. The van der Waals surface area contributed by atoms with Gasteiger partial charge < -0.3 is 15.1 Å². The Bertz CT molecular complexity index is 875. The summed E-state index contributed by atoms with van der Waals surface area (Å²) in [6.45, 7) is 8.44. The van der Waals surface area contributed by atoms with Gasteiger partial charge in [-0.25, -0.2) is 4.98 Å². The van der Waals surface area contributed by atoms with Crippen LogP contribution >= 0.6 is 11.8 Å². The smallest absolute Gasteiger partial charge is 0.227 e. The lowest BCUT2D eigenvalue weighted by molar-refractivity contribution is -0.117. The Morgan fingerprint density at radius 2 is 1.89 bits per heavy atom. The number of likely N-dealkylation sites (N-methyl/N-ethyl adjacent to an activating group) is 1. The molecular formula is C21H27N5OS. The summed E-state index contributed by atoms with van der Waals surface area (Å²) < 4.78 is 0. The van der Waals surface area contributed by atoms with Gasteiger partial charge in [0.15, 0.2) is 0 Å². The second-order valence-electron chi connectivity index (χ2n) is 7.78. The van der Waals surface area contributed by atoms with E-state index in [0.717, 1.165) is 65.9 Å². The molecule has 4 rings (SSSR count). The van der Waals surface area contributed by atoms with E-state index in [-0.39, 0.29) is 11.8 Å². The predicted molar refractivity (Wildman–Crippen MR) is 113 cm³/mol. The SMILES string of the molecule is Cc1cc(N2CCN(C)CC2)c(C)nc1Sc1cncc(NC(=O)C2CC2)c1. The molecule has 2 aromatic rings. The van der Waals surface area contributed by atoms with Crippen LogP contribution in [0.4, 0.5) is 11.4 Å². The van der Waals surface area contributed by atoms with Crippen molar-refractivity contribution >= 4 is 29.0 Å². The number of hydrogen-bond donors (Lipinski definition) is 1. The van der Waals surface area contributed by atoms with Crippen LogP contribution in [0.1, 0.15) is 24.1 Å². The minimum atomic E-state index is 0.102. The van der Waals surface area contributed by atoms with Gasteiger partial charge in [0.25, 0.3) is 0 Å². The molecule has 1 amide bonds. The van der Waals surface area contributed by atoms with Crippen LogP contribution in [0.5, 0.6) is 0 Å². The highest BCUT2D eigenvalue weighted by Crippen LogP contribution is 2.34. The molecular weight excluding hydrogens is 370 g/mol. The highest BCUT2D eigenvalue weighted by molar-refractivity contribution is 7.99. The maximum absolute atomic E-state index is 12.0. The first-order valence-electron chi connectivity index (χ1n) is 9.85. The quantitative estimate of drug-likeness (QED) is 0.835. The molecule has 2 aliphatic rings. The number of aromatic nitrogens is 2. The first-order chi connectivity index (χ1) is 13.5. The largest absolute Gasteiger partial charge is 0.367 e. The summed E-state index contributed by atoms with van der Waals surface area (Å²) in [4.78, 5) is 26.9. The van der Waals surface area contributed by atoms with Crippen LogP contribution in [-0.4, -0.2) is 54.0 Å². The fraction of sp³-hybridized carbons (Fsp3) is 0.476. The highest BCUT2D eigenvalue weighted by atomic mass is 32.2. The molecule has 2 aromatic heterocycles. The van der Waals surface area contributed by atoms with Gasteiger partial charge in [-0.1, -0.05) is 11.8 Å². The van der Waals surface area contributed by atoms with E-state index in [1.54, 1.807) is 18.0 Å². The molecule has 0 radical (unpaired) electrons. The minimum absolute atomic E-state index is 0.102. The number of carbonyl (C=O) groups excluding carboxylic acids is 1. The van der Waals surface area contributed by atoms with Crippen LogP contribution in [0.2, 0.25) is 0 Å². The molecule has 28 heavy (non-hydrogen) atoms. The van der Waals surface area contributed by atoms with E-state index < -0.39 is 0 Å². The Morgan fingerprint density at radius 3 is 2.61 bits per heavy atom. The summed E-state index contributed by atoms with van der Waals surface area (Å²) >= 11 is 1.60. The third-order valence-corrected chi connectivity index (χ3v) is 6.38. The topological polar surface area (TPSA) is 61.4 Å². The molecule has 1 saturated carbocycles. The standard InChI is InChI=1S/C21H27N5OS/c1-14-10-19(26-8-6-25(3)7-9-26)15(2)23-21(14)28-18-11-17(12-22-13-18)24-20(27)16-4-5-16/h10-13,16H,4-9H2,1-3H3,(H,24,27). The highest BCUT2D eigenvalue weighted by Gasteiger charge is 2.29. The number of hydrogen-bond acceptors (Lipinski definition) is 6. The van der Waals surface area contributed by atoms with Crippen LogP contribution in [0.3, 0.4) is 0 Å². The van der Waals surface area contributed by atoms with Gasteiger partial charge in [-0.2, -0.15) is 0 Å². The molecule has 148 valence electrons. The zero-order valence-electron chi connectivity index (χ0n) is 16.7. The van der Waals surface area contributed by atoms with Crippen molar-refractivity contribution in [2.24, 2.45) is 5.92 Å². The first kappa shape index (κ1) is 19.2. The van der Waals surface area contributed by atoms with Gasteiger partial charge in [0.2, 0.25) is 5.91 Å². The number of piperazine rings is 1. The summed E-state index contributed by atoms with van der Waals surface area (Å²) in [5, 5.41) is 3.95. The summed E-state index contributed by atoms with van der Waals surface area (Å²) in [6.07, 6.45) is 5.51. The molecule has 0 atom stereocenters. The van der Waals surface area contributed by atoms with E-state index >= 15 is 0 Å². The average molecular weight is 398 g/mol. The molecule has 3 heterocycles. The molecule has 2 fully saturated rings. The molecule has 1 aliphatic carbocycles. The van der Waals surface area contributed by atoms with Crippen molar-refractivity contribution in [2.75, 3.05) is 43.4 Å². The van der Waals surface area contributed by atoms with E-state index in [0.29, 0.717) is 0 Å². The predicted octanol–water partition coefficient (Wildman–Crippen LogP) is 3.34. The minimum Gasteiger partial charge on any atom is -0.367 e. The first-order valence-corrected chi connectivity index (χ1v) is 10.7. The molecule has 1 aliphatic heterocycles. The van der Waals surface area contributed by atoms with Crippen molar-refractivity contribution in [3.63, 3.8) is 0 Å². The van der Waals surface area contributed by atoms with Crippen molar-refractivity contribution < 1.29 is 4.79 Å². The fourth-order valence-electron chi connectivity index (χ4n) is 3.38. The number of anilines is 2. The zero-order valence-corrected chi connectivity index (χ0v) is 17.6. The Kier molecular flexibility index (Phi) is 5.55. The van der Waals surface area contributed by atoms with Crippen LogP contribution < -0.4 is 10.2 Å². The number of aryl methyl sites for hydroxylation is 2. The van der Waals surface area contributed by atoms with E-state index in [9.17, 15) is 4.79 Å². The summed E-state index contributed by atoms with van der Waals surface area (Å²) in [6, 6.07) is 4.23. The number of nitrogens with zero attached hydrogens (tertiary/aromatic N) is 4. The van der Waals surface area contributed by atoms with Gasteiger partial charge >= 0.3 is 0 Å². The van der Waals surface area contributed by atoms with Crippen molar-refractivity contribution in [1.82, 2.24) is 14.9 Å². The second-order valence-corrected chi connectivity index (χ2v) is 8.84. The molecule has 0 spiro atoms. The van der Waals surface area contributed by atoms with Crippen LogP contribution in [-0.2, 0) is 4.79 Å². The van der Waals surface area contributed by atoms with Crippen molar-refractivity contribution in [3.05, 3.63) is 35.8 Å². The Balaban J connectivity index is 1.49. The van der Waals surface area contributed by atoms with Crippen molar-refractivity contribution in [3.8, 4) is 0 Å². The third-order valence-electron chi connectivity index (χ3n) is 5.32. The fourth-order valence-corrected chi connectivity index (χ4v) is 4.31. The molecule has 0 bridgehead atoms. The zero-order chi connectivity index (χ0) is 19.7. The lowest BCUT2D eigenvalue weighted by atomic mass is 10.2. The van der Waals surface area contributed by atoms with Crippen LogP contribution in [0, 0.1) is 19.8 Å². The molecule has 1 N–H and O–H groups in total. The maximum atomic E-state index is 12.0. The molecule has 6 nitrogen and oxygen atoms in total. The Hall–Kier alpha value is -2.12. The molecule has 0 aromatic carbocycles. The van der Waals surface area contributed by atoms with E-state index in [1.807, 2.05) is 12.3 Å². The number of amides is 1. The van der Waals surface area contributed by atoms with Gasteiger partial charge in [-0.05, 0) is 51.4 Å².